The van der Waals surface area contributed by atoms with Crippen LogP contribution in [0.4, 0.5) is 5.69 Å². The molecule has 1 aromatic carbocycles. The molecule has 114 valence electrons. The minimum atomic E-state index is -3.54. The van der Waals surface area contributed by atoms with E-state index in [-0.39, 0.29) is 11.7 Å². The highest BCUT2D eigenvalue weighted by atomic mass is 32.2. The van der Waals surface area contributed by atoms with Crippen molar-refractivity contribution in [3.05, 3.63) is 47.7 Å². The molecule has 0 amide bonds. The summed E-state index contributed by atoms with van der Waals surface area (Å²) in [5, 5.41) is 11.9. The van der Waals surface area contributed by atoms with E-state index in [1.165, 1.54) is 13.1 Å². The van der Waals surface area contributed by atoms with Crippen LogP contribution in [0.25, 0.3) is 0 Å². The topological polar surface area (TPSA) is 91.6 Å². The maximum absolute atomic E-state index is 11.5. The van der Waals surface area contributed by atoms with Crippen LogP contribution in [0, 0.1) is 0 Å². The van der Waals surface area contributed by atoms with Gasteiger partial charge in [0.05, 0.1) is 6.54 Å². The fourth-order valence-corrected chi connectivity index (χ4v) is 2.47. The van der Waals surface area contributed by atoms with E-state index in [1.807, 2.05) is 24.3 Å². The van der Waals surface area contributed by atoms with Crippen LogP contribution in [0.5, 0.6) is 0 Å². The standard InChI is InChI=1S/C14H18N2O4S/c1-15-21(18,19)14-7-6-13(20-14)10-16-12-4-2-11(3-5-12)8-9-17/h2-7,15-17H,8-10H2,1H3. The summed E-state index contributed by atoms with van der Waals surface area (Å²) in [5.74, 6) is 0.531. The van der Waals surface area contributed by atoms with E-state index >= 15 is 0 Å². The van der Waals surface area contributed by atoms with Crippen LogP contribution in [0.3, 0.4) is 0 Å². The maximum Gasteiger partial charge on any atom is 0.273 e. The van der Waals surface area contributed by atoms with Crippen LogP contribution < -0.4 is 10.0 Å². The van der Waals surface area contributed by atoms with E-state index in [2.05, 4.69) is 10.0 Å². The van der Waals surface area contributed by atoms with Crippen LogP contribution in [-0.2, 0) is 23.0 Å². The lowest BCUT2D eigenvalue weighted by molar-refractivity contribution is 0.299. The summed E-state index contributed by atoms with van der Waals surface area (Å²) < 4.78 is 30.6. The van der Waals surface area contributed by atoms with Crippen molar-refractivity contribution < 1.29 is 17.9 Å². The average Bonchev–Trinajstić information content (AvgIpc) is 2.97. The predicted molar refractivity (Wildman–Crippen MR) is 79.5 cm³/mol. The number of hydrogen-bond acceptors (Lipinski definition) is 5. The fourth-order valence-electron chi connectivity index (χ4n) is 1.81. The summed E-state index contributed by atoms with van der Waals surface area (Å²) in [6.45, 7) is 0.514. The first-order valence-corrected chi connectivity index (χ1v) is 7.99. The molecule has 6 nitrogen and oxygen atoms in total. The average molecular weight is 310 g/mol. The Morgan fingerprint density at radius 2 is 1.86 bits per heavy atom. The van der Waals surface area contributed by atoms with Crippen LogP contribution in [0.2, 0.25) is 0 Å². The molecule has 2 aromatic rings. The largest absolute Gasteiger partial charge is 0.446 e. The maximum atomic E-state index is 11.5. The molecular formula is C14H18N2O4S. The Kier molecular flexibility index (Phi) is 5.00. The number of anilines is 1. The number of benzene rings is 1. The quantitative estimate of drug-likeness (QED) is 0.718. The van der Waals surface area contributed by atoms with E-state index in [9.17, 15) is 8.42 Å². The molecule has 2 rings (SSSR count). The monoisotopic (exact) mass is 310 g/mol. The smallest absolute Gasteiger partial charge is 0.273 e. The van der Waals surface area contributed by atoms with Gasteiger partial charge >= 0.3 is 0 Å². The lowest BCUT2D eigenvalue weighted by atomic mass is 10.1. The zero-order valence-corrected chi connectivity index (χ0v) is 12.5. The van der Waals surface area contributed by atoms with Gasteiger partial charge in [0.1, 0.15) is 5.76 Å². The zero-order valence-electron chi connectivity index (χ0n) is 11.7. The van der Waals surface area contributed by atoms with Crippen molar-refractivity contribution in [2.45, 2.75) is 18.1 Å². The molecule has 0 aliphatic rings. The van der Waals surface area contributed by atoms with Gasteiger partial charge in [-0.2, -0.15) is 0 Å². The molecule has 3 N–H and O–H groups in total. The minimum absolute atomic E-state index is 0.0971. The molecule has 0 spiro atoms. The molecule has 0 unspecified atom stereocenters. The van der Waals surface area contributed by atoms with Crippen molar-refractivity contribution in [3.63, 3.8) is 0 Å². The molecule has 0 saturated carbocycles. The third-order valence-corrected chi connectivity index (χ3v) is 4.28. The Hall–Kier alpha value is -1.83. The Labute approximate surface area is 123 Å². The number of aliphatic hydroxyl groups is 1. The summed E-state index contributed by atoms with van der Waals surface area (Å²) in [6.07, 6.45) is 0.629. The van der Waals surface area contributed by atoms with Gasteiger partial charge in [0.25, 0.3) is 10.0 Å². The van der Waals surface area contributed by atoms with Crippen molar-refractivity contribution in [1.29, 1.82) is 0 Å². The second kappa shape index (κ2) is 6.75. The Morgan fingerprint density at radius 3 is 2.48 bits per heavy atom. The normalized spacial score (nSPS) is 11.5. The summed E-state index contributed by atoms with van der Waals surface area (Å²) in [7, 11) is -2.20. The molecule has 0 saturated heterocycles. The van der Waals surface area contributed by atoms with Gasteiger partial charge in [-0.3, -0.25) is 0 Å². The molecule has 1 aromatic heterocycles. The summed E-state index contributed by atoms with van der Waals surface area (Å²) in [4.78, 5) is 0. The number of nitrogens with one attached hydrogen (secondary N) is 2. The van der Waals surface area contributed by atoms with Crippen molar-refractivity contribution in [3.8, 4) is 0 Å². The molecule has 0 radical (unpaired) electrons. The fraction of sp³-hybridized carbons (Fsp3) is 0.286. The Morgan fingerprint density at radius 1 is 1.14 bits per heavy atom. The first-order valence-electron chi connectivity index (χ1n) is 6.51. The first kappa shape index (κ1) is 15.6. The van der Waals surface area contributed by atoms with Gasteiger partial charge in [0.2, 0.25) is 5.09 Å². The molecule has 0 atom stereocenters. The summed E-state index contributed by atoms with van der Waals surface area (Å²) >= 11 is 0. The van der Waals surface area contributed by atoms with E-state index < -0.39 is 10.0 Å². The van der Waals surface area contributed by atoms with Crippen molar-refractivity contribution >= 4 is 15.7 Å². The third kappa shape index (κ3) is 4.07. The molecule has 7 heteroatoms. The summed E-state index contributed by atoms with van der Waals surface area (Å²) in [5.41, 5.74) is 1.95. The van der Waals surface area contributed by atoms with Crippen LogP contribution in [-0.4, -0.2) is 27.2 Å². The van der Waals surface area contributed by atoms with Gasteiger partial charge in [0.15, 0.2) is 0 Å². The van der Waals surface area contributed by atoms with E-state index in [0.717, 1.165) is 11.3 Å². The van der Waals surface area contributed by atoms with E-state index in [4.69, 9.17) is 9.52 Å². The lowest BCUT2D eigenvalue weighted by Gasteiger charge is -2.05. The van der Waals surface area contributed by atoms with Gasteiger partial charge in [-0.25, -0.2) is 13.1 Å². The van der Waals surface area contributed by atoms with Crippen molar-refractivity contribution in [2.24, 2.45) is 0 Å². The number of aliphatic hydroxyl groups excluding tert-OH is 1. The zero-order chi connectivity index (χ0) is 15.3. The highest BCUT2D eigenvalue weighted by molar-refractivity contribution is 7.89. The van der Waals surface area contributed by atoms with Gasteiger partial charge in [-0.05, 0) is 43.3 Å². The molecule has 0 aliphatic heterocycles. The first-order chi connectivity index (χ1) is 10.0. The minimum Gasteiger partial charge on any atom is -0.446 e. The third-order valence-electron chi connectivity index (χ3n) is 2.99. The highest BCUT2D eigenvalue weighted by Crippen LogP contribution is 2.16. The molecule has 0 fully saturated rings. The molecule has 0 aliphatic carbocycles. The number of sulfonamides is 1. The summed E-state index contributed by atoms with van der Waals surface area (Å²) in [6, 6.07) is 10.7. The Bertz CT molecular complexity index is 677. The van der Waals surface area contributed by atoms with Gasteiger partial charge in [-0.15, -0.1) is 0 Å². The van der Waals surface area contributed by atoms with Gasteiger partial charge in [0, 0.05) is 12.3 Å². The van der Waals surface area contributed by atoms with Crippen LogP contribution in [0.1, 0.15) is 11.3 Å². The second-order valence-electron chi connectivity index (χ2n) is 4.45. The molecule has 0 bridgehead atoms. The number of furan rings is 1. The van der Waals surface area contributed by atoms with Gasteiger partial charge < -0.3 is 14.8 Å². The Balaban J connectivity index is 1.97. The highest BCUT2D eigenvalue weighted by Gasteiger charge is 2.15. The van der Waals surface area contributed by atoms with Crippen LogP contribution in [0.15, 0.2) is 45.9 Å². The van der Waals surface area contributed by atoms with E-state index in [0.29, 0.717) is 18.7 Å². The second-order valence-corrected chi connectivity index (χ2v) is 6.27. The van der Waals surface area contributed by atoms with Gasteiger partial charge in [-0.1, -0.05) is 12.1 Å². The van der Waals surface area contributed by atoms with E-state index in [1.54, 1.807) is 6.07 Å². The van der Waals surface area contributed by atoms with Crippen LogP contribution >= 0.6 is 0 Å². The molecular weight excluding hydrogens is 292 g/mol. The molecule has 21 heavy (non-hydrogen) atoms. The predicted octanol–water partition coefficient (Wildman–Crippen LogP) is 1.33. The van der Waals surface area contributed by atoms with Crippen molar-refractivity contribution in [2.75, 3.05) is 19.0 Å². The lowest BCUT2D eigenvalue weighted by Crippen LogP contribution is -2.17. The number of rotatable bonds is 7. The molecule has 1 heterocycles. The number of hydrogen-bond donors (Lipinski definition) is 3. The van der Waals surface area contributed by atoms with Crippen molar-refractivity contribution in [1.82, 2.24) is 4.72 Å². The SMILES string of the molecule is CNS(=O)(=O)c1ccc(CNc2ccc(CCO)cc2)o1.